The molecule has 8 heteroatoms. The Kier molecular flexibility index (Phi) is 4.41. The maximum absolute atomic E-state index is 13.8. The lowest BCUT2D eigenvalue weighted by Gasteiger charge is -2.31. The van der Waals surface area contributed by atoms with Gasteiger partial charge in [-0.15, -0.1) is 0 Å². The fourth-order valence-corrected chi connectivity index (χ4v) is 3.42. The van der Waals surface area contributed by atoms with Crippen molar-refractivity contribution >= 4 is 28.9 Å². The summed E-state index contributed by atoms with van der Waals surface area (Å²) in [5.74, 6) is -0.575. The Morgan fingerprint density at radius 2 is 1.76 bits per heavy atom. The van der Waals surface area contributed by atoms with Crippen molar-refractivity contribution < 1.29 is 17.6 Å². The van der Waals surface area contributed by atoms with E-state index in [1.165, 1.54) is 24.3 Å². The third-order valence-corrected chi connectivity index (χ3v) is 4.84. The van der Waals surface area contributed by atoms with Crippen LogP contribution in [0.2, 0.25) is 5.02 Å². The van der Waals surface area contributed by atoms with E-state index >= 15 is 0 Å². The van der Waals surface area contributed by atoms with Crippen molar-refractivity contribution in [3.63, 3.8) is 0 Å². The Morgan fingerprint density at radius 1 is 1.12 bits per heavy atom. The average Bonchev–Trinajstić information content (AvgIpc) is 2.85. The molecule has 2 atom stereocenters. The number of hydrogen-bond donors (Lipinski definition) is 2. The number of hydrogen-bond acceptors (Lipinski definition) is 1. The van der Waals surface area contributed by atoms with Gasteiger partial charge in [-0.25, -0.2) is 4.39 Å². The van der Waals surface area contributed by atoms with Gasteiger partial charge >= 0.3 is 6.18 Å². The standard InChI is InChI=1S/C17H13ClF4N2S/c1-16(10-3-5-11(6-4-10)17(20,21)22)14(23-15(25)24-16)9-2-7-12(18)13(19)8-9/h2-8,14H,1H3,(H2,23,24,25)/t14-,16+/m1/s1. The van der Waals surface area contributed by atoms with Crippen LogP contribution in [-0.4, -0.2) is 5.11 Å². The summed E-state index contributed by atoms with van der Waals surface area (Å²) in [7, 11) is 0. The molecule has 0 bridgehead atoms. The van der Waals surface area contributed by atoms with E-state index in [2.05, 4.69) is 10.6 Å². The zero-order valence-electron chi connectivity index (χ0n) is 12.9. The van der Waals surface area contributed by atoms with Crippen LogP contribution < -0.4 is 10.6 Å². The summed E-state index contributed by atoms with van der Waals surface area (Å²) >= 11 is 10.9. The summed E-state index contributed by atoms with van der Waals surface area (Å²) in [6.45, 7) is 1.79. The SMILES string of the molecule is C[C@@]1(c2ccc(C(F)(F)F)cc2)NC(=S)N[C@@H]1c1ccc(Cl)c(F)c1. The third kappa shape index (κ3) is 3.30. The summed E-state index contributed by atoms with van der Waals surface area (Å²) in [5.41, 5.74) is -0.408. The van der Waals surface area contributed by atoms with Crippen molar-refractivity contribution in [3.05, 3.63) is 70.0 Å². The molecule has 0 aliphatic carbocycles. The molecule has 3 rings (SSSR count). The van der Waals surface area contributed by atoms with Crippen molar-refractivity contribution in [1.82, 2.24) is 10.6 Å². The van der Waals surface area contributed by atoms with Crippen LogP contribution in [-0.2, 0) is 11.7 Å². The molecule has 0 spiro atoms. The maximum atomic E-state index is 13.8. The van der Waals surface area contributed by atoms with Gasteiger partial charge in [-0.2, -0.15) is 13.2 Å². The molecule has 0 aromatic heterocycles. The number of thiocarbonyl (C=S) groups is 1. The van der Waals surface area contributed by atoms with Gasteiger partial charge in [0.25, 0.3) is 0 Å². The summed E-state index contributed by atoms with van der Waals surface area (Å²) in [6.07, 6.45) is -4.41. The molecule has 1 saturated heterocycles. The highest BCUT2D eigenvalue weighted by Crippen LogP contribution is 2.40. The number of benzene rings is 2. The Balaban J connectivity index is 2.02. The highest BCUT2D eigenvalue weighted by molar-refractivity contribution is 7.80. The van der Waals surface area contributed by atoms with E-state index in [1.54, 1.807) is 13.0 Å². The maximum Gasteiger partial charge on any atom is 0.416 e. The van der Waals surface area contributed by atoms with Crippen LogP contribution in [0.5, 0.6) is 0 Å². The average molecular weight is 389 g/mol. The topological polar surface area (TPSA) is 24.1 Å². The molecule has 25 heavy (non-hydrogen) atoms. The van der Waals surface area contributed by atoms with Crippen molar-refractivity contribution in [2.45, 2.75) is 24.7 Å². The molecule has 1 heterocycles. The summed E-state index contributed by atoms with van der Waals surface area (Å²) in [5, 5.41) is 6.44. The van der Waals surface area contributed by atoms with E-state index < -0.39 is 29.1 Å². The number of nitrogens with one attached hydrogen (secondary N) is 2. The van der Waals surface area contributed by atoms with Crippen LogP contribution in [0, 0.1) is 5.82 Å². The first-order valence-corrected chi connectivity index (χ1v) is 8.11. The van der Waals surface area contributed by atoms with Crippen molar-refractivity contribution in [2.75, 3.05) is 0 Å². The zero-order valence-corrected chi connectivity index (χ0v) is 14.5. The van der Waals surface area contributed by atoms with Crippen molar-refractivity contribution in [2.24, 2.45) is 0 Å². The minimum Gasteiger partial charge on any atom is -0.353 e. The van der Waals surface area contributed by atoms with E-state index in [-0.39, 0.29) is 5.02 Å². The number of alkyl halides is 3. The molecule has 0 saturated carbocycles. The minimum absolute atomic E-state index is 0.00600. The fraction of sp³-hybridized carbons (Fsp3) is 0.235. The van der Waals surface area contributed by atoms with E-state index in [1.807, 2.05) is 0 Å². The number of rotatable bonds is 2. The van der Waals surface area contributed by atoms with Gasteiger partial charge in [0.05, 0.1) is 22.2 Å². The smallest absolute Gasteiger partial charge is 0.353 e. The highest BCUT2D eigenvalue weighted by atomic mass is 35.5. The highest BCUT2D eigenvalue weighted by Gasteiger charge is 2.44. The van der Waals surface area contributed by atoms with E-state index in [0.717, 1.165) is 12.1 Å². The first-order chi connectivity index (χ1) is 11.6. The van der Waals surface area contributed by atoms with Crippen LogP contribution in [0.15, 0.2) is 42.5 Å². The molecule has 132 valence electrons. The summed E-state index contributed by atoms with van der Waals surface area (Å²) < 4.78 is 52.2. The molecule has 2 N–H and O–H groups in total. The van der Waals surface area contributed by atoms with Gasteiger partial charge < -0.3 is 10.6 Å². The Bertz CT molecular complexity index is 822. The summed E-state index contributed by atoms with van der Waals surface area (Å²) in [4.78, 5) is 0. The second-order valence-electron chi connectivity index (χ2n) is 5.98. The Labute approximate surface area is 152 Å². The first kappa shape index (κ1) is 17.9. The van der Waals surface area contributed by atoms with Crippen LogP contribution in [0.25, 0.3) is 0 Å². The van der Waals surface area contributed by atoms with Crippen LogP contribution in [0.3, 0.4) is 0 Å². The molecule has 0 unspecified atom stereocenters. The van der Waals surface area contributed by atoms with Crippen molar-refractivity contribution in [3.8, 4) is 0 Å². The minimum atomic E-state index is -4.41. The van der Waals surface area contributed by atoms with E-state index in [9.17, 15) is 17.6 Å². The largest absolute Gasteiger partial charge is 0.416 e. The van der Waals surface area contributed by atoms with Crippen molar-refractivity contribution in [1.29, 1.82) is 0 Å². The molecular formula is C17H13ClF4N2S. The molecule has 2 aromatic rings. The molecule has 1 fully saturated rings. The normalized spacial score (nSPS) is 23.3. The quantitative estimate of drug-likeness (QED) is 0.563. The molecule has 2 aromatic carbocycles. The monoisotopic (exact) mass is 388 g/mol. The lowest BCUT2D eigenvalue weighted by atomic mass is 9.82. The van der Waals surface area contributed by atoms with E-state index in [4.69, 9.17) is 23.8 Å². The lowest BCUT2D eigenvalue weighted by molar-refractivity contribution is -0.137. The zero-order chi connectivity index (χ0) is 18.4. The molecular weight excluding hydrogens is 376 g/mol. The lowest BCUT2D eigenvalue weighted by Crippen LogP contribution is -2.39. The first-order valence-electron chi connectivity index (χ1n) is 7.32. The molecule has 2 nitrogen and oxygen atoms in total. The Morgan fingerprint density at radius 3 is 2.32 bits per heavy atom. The summed E-state index contributed by atoms with van der Waals surface area (Å²) in [6, 6.07) is 8.73. The fourth-order valence-electron chi connectivity index (χ4n) is 2.97. The second kappa shape index (κ2) is 6.14. The van der Waals surface area contributed by atoms with Gasteiger partial charge in [0, 0.05) is 0 Å². The van der Waals surface area contributed by atoms with Gasteiger partial charge in [-0.05, 0) is 54.5 Å². The molecule has 0 radical (unpaired) electrons. The van der Waals surface area contributed by atoms with Crippen LogP contribution in [0.1, 0.15) is 29.7 Å². The third-order valence-electron chi connectivity index (χ3n) is 4.31. The second-order valence-corrected chi connectivity index (χ2v) is 6.80. The molecule has 1 aliphatic heterocycles. The molecule has 0 amide bonds. The molecule has 1 aliphatic rings. The van der Waals surface area contributed by atoms with E-state index in [0.29, 0.717) is 16.2 Å². The number of halogens is 5. The van der Waals surface area contributed by atoms with Gasteiger partial charge in [0.2, 0.25) is 0 Å². The van der Waals surface area contributed by atoms with Crippen LogP contribution >= 0.6 is 23.8 Å². The van der Waals surface area contributed by atoms with Gasteiger partial charge in [0.1, 0.15) is 5.82 Å². The van der Waals surface area contributed by atoms with Gasteiger partial charge in [0.15, 0.2) is 5.11 Å². The van der Waals surface area contributed by atoms with Crippen LogP contribution in [0.4, 0.5) is 17.6 Å². The Hall–Kier alpha value is -1.86. The van der Waals surface area contributed by atoms with Gasteiger partial charge in [-0.3, -0.25) is 0 Å². The predicted molar refractivity (Wildman–Crippen MR) is 91.8 cm³/mol. The van der Waals surface area contributed by atoms with Gasteiger partial charge in [-0.1, -0.05) is 29.8 Å². The predicted octanol–water partition coefficient (Wildman–Crippen LogP) is 4.93.